The molecule has 170 valence electrons. The van der Waals surface area contributed by atoms with Gasteiger partial charge in [-0.15, -0.1) is 0 Å². The van der Waals surface area contributed by atoms with Gasteiger partial charge in [0, 0.05) is 23.9 Å². The second-order valence-corrected chi connectivity index (χ2v) is 7.71. The van der Waals surface area contributed by atoms with Gasteiger partial charge in [-0.25, -0.2) is 4.68 Å². The second-order valence-electron chi connectivity index (χ2n) is 7.33. The lowest BCUT2D eigenvalue weighted by molar-refractivity contribution is -0.141. The van der Waals surface area contributed by atoms with Crippen LogP contribution in [0.1, 0.15) is 17.0 Å². The Kier molecular flexibility index (Phi) is 6.24. The zero-order valence-electron chi connectivity index (χ0n) is 17.5. The average molecular weight is 474 g/mol. The van der Waals surface area contributed by atoms with Gasteiger partial charge in [-0.05, 0) is 19.1 Å². The molecule has 1 N–H and O–H groups in total. The number of benzene rings is 2. The molecule has 0 saturated heterocycles. The van der Waals surface area contributed by atoms with E-state index in [0.717, 1.165) is 21.5 Å². The van der Waals surface area contributed by atoms with Crippen LogP contribution in [0, 0.1) is 6.92 Å². The van der Waals surface area contributed by atoms with Gasteiger partial charge in [-0.3, -0.25) is 9.48 Å². The van der Waals surface area contributed by atoms with Gasteiger partial charge in [0.05, 0.1) is 22.1 Å². The maximum Gasteiger partial charge on any atom is 0.436 e. The molecule has 0 radical (unpaired) electrons. The van der Waals surface area contributed by atoms with E-state index in [1.165, 1.54) is 6.92 Å². The van der Waals surface area contributed by atoms with Gasteiger partial charge < -0.3 is 5.32 Å². The molecule has 33 heavy (non-hydrogen) atoms. The number of amides is 1. The van der Waals surface area contributed by atoms with Crippen LogP contribution in [0.5, 0.6) is 0 Å². The largest absolute Gasteiger partial charge is 0.436 e. The Morgan fingerprint density at radius 1 is 1.03 bits per heavy atom. The van der Waals surface area contributed by atoms with Gasteiger partial charge in [0.1, 0.15) is 6.54 Å². The van der Waals surface area contributed by atoms with Crippen molar-refractivity contribution in [2.75, 3.05) is 0 Å². The minimum atomic E-state index is -4.69. The first-order valence-corrected chi connectivity index (χ1v) is 10.4. The van der Waals surface area contributed by atoms with E-state index in [4.69, 9.17) is 11.6 Å². The van der Waals surface area contributed by atoms with E-state index in [2.05, 4.69) is 15.5 Å². The number of hydrogen-bond acceptors (Lipinski definition) is 3. The average Bonchev–Trinajstić information content (AvgIpc) is 3.36. The van der Waals surface area contributed by atoms with Crippen LogP contribution < -0.4 is 5.32 Å². The molecule has 0 fully saturated rings. The summed E-state index contributed by atoms with van der Waals surface area (Å²) in [5.74, 6) is -0.502. The molecule has 4 rings (SSSR count). The van der Waals surface area contributed by atoms with Crippen LogP contribution >= 0.6 is 11.6 Å². The molecule has 0 atom stereocenters. The molecular formula is C23H19ClF3N5O. The van der Waals surface area contributed by atoms with Gasteiger partial charge in [-0.2, -0.15) is 23.4 Å². The number of nitrogens with zero attached hydrogens (tertiary/aromatic N) is 4. The predicted octanol–water partition coefficient (Wildman–Crippen LogP) is 5.03. The minimum absolute atomic E-state index is 0.0704. The summed E-state index contributed by atoms with van der Waals surface area (Å²) < 4.78 is 41.7. The summed E-state index contributed by atoms with van der Waals surface area (Å²) in [6.07, 6.45) is -2.88. The van der Waals surface area contributed by atoms with E-state index in [9.17, 15) is 18.0 Å². The van der Waals surface area contributed by atoms with E-state index in [-0.39, 0.29) is 12.2 Å². The molecule has 6 nitrogen and oxygen atoms in total. The molecular weight excluding hydrogens is 455 g/mol. The van der Waals surface area contributed by atoms with Crippen molar-refractivity contribution in [1.29, 1.82) is 0 Å². The van der Waals surface area contributed by atoms with Crippen LogP contribution in [-0.4, -0.2) is 25.5 Å². The second kappa shape index (κ2) is 9.11. The maximum atomic E-state index is 13.0. The first-order chi connectivity index (χ1) is 15.7. The van der Waals surface area contributed by atoms with Crippen molar-refractivity contribution in [2.45, 2.75) is 26.2 Å². The van der Waals surface area contributed by atoms with Crippen LogP contribution in [-0.2, 0) is 24.1 Å². The number of halogens is 4. The lowest BCUT2D eigenvalue weighted by Crippen LogP contribution is -2.28. The van der Waals surface area contributed by atoms with Crippen LogP contribution in [0.25, 0.3) is 16.9 Å². The molecule has 2 heterocycles. The zero-order chi connectivity index (χ0) is 23.6. The normalized spacial score (nSPS) is 11.5. The summed E-state index contributed by atoms with van der Waals surface area (Å²) in [5.41, 5.74) is 2.04. The summed E-state index contributed by atoms with van der Waals surface area (Å²) in [5, 5.41) is 10.4. The Labute approximate surface area is 192 Å². The molecule has 4 aromatic rings. The third-order valence-electron chi connectivity index (χ3n) is 5.03. The van der Waals surface area contributed by atoms with Crippen molar-refractivity contribution < 1.29 is 18.0 Å². The fourth-order valence-corrected chi connectivity index (χ4v) is 3.58. The number of carbonyl (C=O) groups excluding carboxylic acids is 1. The topological polar surface area (TPSA) is 64.7 Å². The van der Waals surface area contributed by atoms with Gasteiger partial charge in [0.2, 0.25) is 5.91 Å². The summed E-state index contributed by atoms with van der Waals surface area (Å²) in [7, 11) is 0. The number of rotatable bonds is 6. The molecule has 0 spiro atoms. The van der Waals surface area contributed by atoms with Gasteiger partial charge in [0.25, 0.3) is 0 Å². The molecule has 0 saturated carbocycles. The van der Waals surface area contributed by atoms with E-state index in [0.29, 0.717) is 5.69 Å². The quantitative estimate of drug-likeness (QED) is 0.427. The van der Waals surface area contributed by atoms with Gasteiger partial charge >= 0.3 is 6.18 Å². The maximum absolute atomic E-state index is 13.0. The summed E-state index contributed by atoms with van der Waals surface area (Å²) >= 11 is 5.76. The molecule has 10 heteroatoms. The number of nitrogens with one attached hydrogen (secondary N) is 1. The zero-order valence-corrected chi connectivity index (χ0v) is 18.2. The summed E-state index contributed by atoms with van der Waals surface area (Å²) in [6.45, 7) is 1.13. The molecule has 0 aliphatic rings. The van der Waals surface area contributed by atoms with Crippen LogP contribution in [0.4, 0.5) is 13.2 Å². The number of alkyl halides is 3. The lowest BCUT2D eigenvalue weighted by Gasteiger charge is -2.07. The van der Waals surface area contributed by atoms with E-state index in [1.54, 1.807) is 4.68 Å². The van der Waals surface area contributed by atoms with Crippen molar-refractivity contribution in [3.05, 3.63) is 88.8 Å². The molecule has 2 aromatic carbocycles. The lowest BCUT2D eigenvalue weighted by atomic mass is 10.1. The summed E-state index contributed by atoms with van der Waals surface area (Å²) in [6, 6.07) is 19.0. The Morgan fingerprint density at radius 3 is 2.27 bits per heavy atom. The number of carbonyl (C=O) groups is 1. The van der Waals surface area contributed by atoms with Crippen molar-refractivity contribution in [3.63, 3.8) is 0 Å². The highest BCUT2D eigenvalue weighted by atomic mass is 35.5. The highest BCUT2D eigenvalue weighted by molar-refractivity contribution is 6.32. The summed E-state index contributed by atoms with van der Waals surface area (Å²) in [4.78, 5) is 12.5. The van der Waals surface area contributed by atoms with Crippen molar-refractivity contribution >= 4 is 17.5 Å². The highest BCUT2D eigenvalue weighted by Crippen LogP contribution is 2.35. The first-order valence-electron chi connectivity index (χ1n) is 10.00. The minimum Gasteiger partial charge on any atom is -0.350 e. The molecule has 0 aliphatic carbocycles. The van der Waals surface area contributed by atoms with Crippen molar-refractivity contribution in [2.24, 2.45) is 0 Å². The van der Waals surface area contributed by atoms with Crippen LogP contribution in [0.2, 0.25) is 5.02 Å². The SMILES string of the molecule is Cc1c(Cl)c(C(F)(F)F)nn1CC(=O)NCc1cn(-c2ccccc2)nc1-c1ccccc1. The standard InChI is InChI=1S/C23H19ClF3N5O/c1-15-20(24)22(23(25,26)27)30-31(15)14-19(33)28-12-17-13-32(18-10-6-3-7-11-18)29-21(17)16-8-4-2-5-9-16/h2-11,13H,12,14H2,1H3,(H,28,33). The molecule has 0 aliphatic heterocycles. The smallest absolute Gasteiger partial charge is 0.350 e. The fraction of sp³-hybridized carbons (Fsp3) is 0.174. The molecule has 1 amide bonds. The Morgan fingerprint density at radius 2 is 1.67 bits per heavy atom. The number of hydrogen-bond donors (Lipinski definition) is 1. The van der Waals surface area contributed by atoms with Gasteiger partial charge in [0.15, 0.2) is 5.69 Å². The van der Waals surface area contributed by atoms with Crippen LogP contribution in [0.15, 0.2) is 66.9 Å². The number of aromatic nitrogens is 4. The third kappa shape index (κ3) is 4.93. The van der Waals surface area contributed by atoms with E-state index in [1.807, 2.05) is 66.9 Å². The van der Waals surface area contributed by atoms with Crippen molar-refractivity contribution in [1.82, 2.24) is 24.9 Å². The Bertz CT molecular complexity index is 1270. The Hall–Kier alpha value is -3.59. The third-order valence-corrected chi connectivity index (χ3v) is 5.48. The molecule has 0 unspecified atom stereocenters. The van der Waals surface area contributed by atoms with Crippen LogP contribution in [0.3, 0.4) is 0 Å². The molecule has 0 bridgehead atoms. The van der Waals surface area contributed by atoms with Gasteiger partial charge in [-0.1, -0.05) is 60.1 Å². The van der Waals surface area contributed by atoms with E-state index >= 15 is 0 Å². The number of para-hydroxylation sites is 1. The van der Waals surface area contributed by atoms with E-state index < -0.39 is 29.3 Å². The first kappa shape index (κ1) is 22.6. The molecule has 2 aromatic heterocycles. The fourth-order valence-electron chi connectivity index (χ4n) is 3.34. The highest BCUT2D eigenvalue weighted by Gasteiger charge is 2.38. The monoisotopic (exact) mass is 473 g/mol. The Balaban J connectivity index is 1.55. The van der Waals surface area contributed by atoms with Crippen molar-refractivity contribution in [3.8, 4) is 16.9 Å². The predicted molar refractivity (Wildman–Crippen MR) is 118 cm³/mol.